The highest BCUT2D eigenvalue weighted by atomic mass is 16.6. The molecule has 33 heavy (non-hydrogen) atoms. The lowest BCUT2D eigenvalue weighted by atomic mass is 10.0. The van der Waals surface area contributed by atoms with Crippen molar-refractivity contribution in [3.63, 3.8) is 0 Å². The molecule has 0 radical (unpaired) electrons. The summed E-state index contributed by atoms with van der Waals surface area (Å²) in [4.78, 5) is 29.3. The number of rotatable bonds is 7. The topological polar surface area (TPSA) is 115 Å². The van der Waals surface area contributed by atoms with E-state index < -0.39 is 10.9 Å². The van der Waals surface area contributed by atoms with Crippen molar-refractivity contribution in [1.82, 2.24) is 4.90 Å². The summed E-state index contributed by atoms with van der Waals surface area (Å²) in [5, 5.41) is 21.1. The van der Waals surface area contributed by atoms with Gasteiger partial charge in [-0.05, 0) is 41.5 Å². The molecule has 0 spiro atoms. The van der Waals surface area contributed by atoms with Crippen LogP contribution in [0.4, 0.5) is 11.4 Å². The molecule has 0 amide bonds. The van der Waals surface area contributed by atoms with Crippen LogP contribution in [0.25, 0.3) is 0 Å². The number of hydrogen-bond donors (Lipinski definition) is 1. The summed E-state index contributed by atoms with van der Waals surface area (Å²) in [6.45, 7) is 0.791. The summed E-state index contributed by atoms with van der Waals surface area (Å²) in [6.07, 6.45) is 0. The van der Waals surface area contributed by atoms with Crippen molar-refractivity contribution >= 4 is 23.2 Å². The van der Waals surface area contributed by atoms with Crippen LogP contribution in [0.3, 0.4) is 0 Å². The number of nitrogens with zero attached hydrogens (tertiary/aromatic N) is 3. The zero-order valence-corrected chi connectivity index (χ0v) is 18.0. The molecule has 1 aliphatic heterocycles. The van der Waals surface area contributed by atoms with E-state index in [0.29, 0.717) is 41.7 Å². The van der Waals surface area contributed by atoms with E-state index in [9.17, 15) is 20.0 Å². The van der Waals surface area contributed by atoms with E-state index in [1.807, 2.05) is 17.0 Å². The van der Waals surface area contributed by atoms with Gasteiger partial charge in [0.05, 0.1) is 36.0 Å². The Kier molecular flexibility index (Phi) is 5.95. The summed E-state index contributed by atoms with van der Waals surface area (Å²) >= 11 is 0. The number of carboxylic acid groups (broad SMARTS) is 1. The number of para-hydroxylation sites is 1. The van der Waals surface area contributed by atoms with Crippen molar-refractivity contribution in [2.24, 2.45) is 4.99 Å². The maximum atomic E-state index is 11.7. The van der Waals surface area contributed by atoms with Gasteiger partial charge in [0.15, 0.2) is 11.5 Å². The predicted molar refractivity (Wildman–Crippen MR) is 121 cm³/mol. The first-order valence-electron chi connectivity index (χ1n) is 10.1. The number of benzene rings is 3. The Balaban J connectivity index is 1.81. The normalized spacial score (nSPS) is 12.5. The molecular weight excluding hydrogens is 426 g/mol. The predicted octanol–water partition coefficient (Wildman–Crippen LogP) is 4.40. The summed E-state index contributed by atoms with van der Waals surface area (Å²) in [7, 11) is 3.11. The third kappa shape index (κ3) is 4.33. The van der Waals surface area contributed by atoms with Gasteiger partial charge < -0.3 is 19.5 Å². The minimum Gasteiger partial charge on any atom is -0.493 e. The minimum atomic E-state index is -1.06. The maximum absolute atomic E-state index is 11.7. The molecule has 168 valence electrons. The molecule has 0 atom stereocenters. The van der Waals surface area contributed by atoms with Gasteiger partial charge in [0.25, 0.3) is 5.69 Å². The molecule has 4 rings (SSSR count). The second-order valence-corrected chi connectivity index (χ2v) is 7.40. The number of ether oxygens (including phenoxy) is 2. The zero-order valence-electron chi connectivity index (χ0n) is 18.0. The summed E-state index contributed by atoms with van der Waals surface area (Å²) in [5.74, 6) is 0.502. The molecule has 0 saturated carbocycles. The number of carbonyl (C=O) groups is 1. The van der Waals surface area contributed by atoms with Crippen LogP contribution in [-0.4, -0.2) is 41.0 Å². The monoisotopic (exact) mass is 447 g/mol. The van der Waals surface area contributed by atoms with Crippen LogP contribution in [0.2, 0.25) is 0 Å². The number of amidine groups is 1. The Morgan fingerprint density at radius 1 is 1.09 bits per heavy atom. The standard InChI is InChI=1S/C24H21N3O6/c1-32-21-10-7-15(11-22(21)33-2)13-26-14-17-9-8-16(24(28)29)12-19(17)25-23(26)18-5-3-4-6-20(18)27(30)31/h3-12H,13-14H2,1-2H3,(H,28,29). The number of nitro benzene ring substituents is 1. The number of aromatic carboxylic acids is 1. The third-order valence-corrected chi connectivity index (χ3v) is 5.38. The van der Waals surface area contributed by atoms with Crippen molar-refractivity contribution in [3.8, 4) is 11.5 Å². The first-order valence-corrected chi connectivity index (χ1v) is 10.1. The van der Waals surface area contributed by atoms with E-state index in [-0.39, 0.29) is 11.3 Å². The lowest BCUT2D eigenvalue weighted by Crippen LogP contribution is -2.33. The molecule has 9 heteroatoms. The highest BCUT2D eigenvalue weighted by molar-refractivity contribution is 6.04. The van der Waals surface area contributed by atoms with Crippen molar-refractivity contribution < 1.29 is 24.3 Å². The van der Waals surface area contributed by atoms with E-state index in [4.69, 9.17) is 9.47 Å². The van der Waals surface area contributed by atoms with Gasteiger partial charge in [0, 0.05) is 19.2 Å². The van der Waals surface area contributed by atoms with Gasteiger partial charge in [-0.1, -0.05) is 24.3 Å². The SMILES string of the molecule is COc1ccc(CN2Cc3ccc(C(=O)O)cc3N=C2c2ccccc2[N+](=O)[O-])cc1OC. The molecule has 0 bridgehead atoms. The van der Waals surface area contributed by atoms with Gasteiger partial charge in [-0.15, -0.1) is 0 Å². The van der Waals surface area contributed by atoms with E-state index in [0.717, 1.165) is 11.1 Å². The van der Waals surface area contributed by atoms with Crippen LogP contribution in [0, 0.1) is 10.1 Å². The first kappa shape index (κ1) is 21.8. The molecule has 3 aromatic carbocycles. The molecule has 0 unspecified atom stereocenters. The minimum absolute atomic E-state index is 0.0774. The first-order chi connectivity index (χ1) is 15.9. The summed E-state index contributed by atoms with van der Waals surface area (Å²) in [6, 6.07) is 16.7. The fraction of sp³-hybridized carbons (Fsp3) is 0.167. The number of aliphatic imine (C=N–C) groups is 1. The molecule has 1 N–H and O–H groups in total. The van der Waals surface area contributed by atoms with Crippen LogP contribution in [0.5, 0.6) is 11.5 Å². The van der Waals surface area contributed by atoms with Crippen LogP contribution < -0.4 is 9.47 Å². The molecule has 3 aromatic rings. The van der Waals surface area contributed by atoms with Gasteiger partial charge >= 0.3 is 5.97 Å². The molecule has 0 fully saturated rings. The number of hydrogen-bond acceptors (Lipinski definition) is 7. The van der Waals surface area contributed by atoms with Gasteiger partial charge in [0.2, 0.25) is 0 Å². The lowest BCUT2D eigenvalue weighted by Gasteiger charge is -2.31. The number of carboxylic acids is 1. The quantitative estimate of drug-likeness (QED) is 0.422. The van der Waals surface area contributed by atoms with Crippen molar-refractivity contribution in [1.29, 1.82) is 0 Å². The molecule has 0 aliphatic carbocycles. The Hall–Kier alpha value is -4.40. The van der Waals surface area contributed by atoms with Crippen LogP contribution in [-0.2, 0) is 13.1 Å². The zero-order chi connectivity index (χ0) is 23.5. The second kappa shape index (κ2) is 8.99. The van der Waals surface area contributed by atoms with Crippen LogP contribution in [0.1, 0.15) is 27.0 Å². The van der Waals surface area contributed by atoms with Gasteiger partial charge in [-0.3, -0.25) is 10.1 Å². The molecule has 0 aromatic heterocycles. The smallest absolute Gasteiger partial charge is 0.335 e. The second-order valence-electron chi connectivity index (χ2n) is 7.40. The fourth-order valence-corrected chi connectivity index (χ4v) is 3.78. The summed E-state index contributed by atoms with van der Waals surface area (Å²) < 4.78 is 10.7. The average molecular weight is 447 g/mol. The average Bonchev–Trinajstić information content (AvgIpc) is 2.83. The molecule has 0 saturated heterocycles. The highest BCUT2D eigenvalue weighted by Gasteiger charge is 2.27. The van der Waals surface area contributed by atoms with Crippen LogP contribution in [0.15, 0.2) is 65.7 Å². The molecule has 1 aliphatic rings. The van der Waals surface area contributed by atoms with Crippen molar-refractivity contribution in [2.45, 2.75) is 13.1 Å². The van der Waals surface area contributed by atoms with Gasteiger partial charge in [-0.25, -0.2) is 9.79 Å². The number of methoxy groups -OCH3 is 2. The van der Waals surface area contributed by atoms with E-state index in [2.05, 4.69) is 4.99 Å². The number of fused-ring (bicyclic) bond motifs is 1. The Labute approximate surface area is 189 Å². The Morgan fingerprint density at radius 2 is 1.85 bits per heavy atom. The Morgan fingerprint density at radius 3 is 2.55 bits per heavy atom. The largest absolute Gasteiger partial charge is 0.493 e. The van der Waals surface area contributed by atoms with Crippen molar-refractivity contribution in [3.05, 3.63) is 93.0 Å². The molecule has 1 heterocycles. The van der Waals surface area contributed by atoms with Gasteiger partial charge in [-0.2, -0.15) is 0 Å². The molecular formula is C24H21N3O6. The van der Waals surface area contributed by atoms with E-state index in [1.54, 1.807) is 44.6 Å². The van der Waals surface area contributed by atoms with Crippen LogP contribution >= 0.6 is 0 Å². The number of nitro groups is 1. The van der Waals surface area contributed by atoms with E-state index >= 15 is 0 Å². The van der Waals surface area contributed by atoms with E-state index in [1.165, 1.54) is 18.2 Å². The third-order valence-electron chi connectivity index (χ3n) is 5.38. The Bertz CT molecular complexity index is 1270. The fourth-order valence-electron chi connectivity index (χ4n) is 3.78. The highest BCUT2D eigenvalue weighted by Crippen LogP contribution is 2.34. The maximum Gasteiger partial charge on any atom is 0.335 e. The van der Waals surface area contributed by atoms with Crippen molar-refractivity contribution in [2.75, 3.05) is 14.2 Å². The van der Waals surface area contributed by atoms with Gasteiger partial charge in [0.1, 0.15) is 5.84 Å². The molecule has 9 nitrogen and oxygen atoms in total. The summed E-state index contributed by atoms with van der Waals surface area (Å²) in [5.41, 5.74) is 2.58. The lowest BCUT2D eigenvalue weighted by molar-refractivity contribution is -0.385.